The molecule has 154 valence electrons. The summed E-state index contributed by atoms with van der Waals surface area (Å²) >= 11 is 0. The number of amides is 2. The van der Waals surface area contributed by atoms with E-state index in [4.69, 9.17) is 4.74 Å². The zero-order chi connectivity index (χ0) is 20.4. The second-order valence-corrected chi connectivity index (χ2v) is 8.56. The second-order valence-electron chi connectivity index (χ2n) is 7.33. The van der Waals surface area contributed by atoms with Crippen LogP contribution in [0.1, 0.15) is 64.3 Å². The summed E-state index contributed by atoms with van der Waals surface area (Å²) in [5, 5.41) is 11.6. The molecule has 1 atom stereocenters. The standard InChI is InChI=1S/C18H28N6O3S/c1-6-23-16(12(4)5)15(14(21-23)11(2)3)20-18(25)22-28(26)13-10-19-24-8-7-9-27-17(13)24/h10-12,28H,6-9H2,1-5H3,(H,20,25). The Kier molecular flexibility index (Phi) is 6.07. The molecule has 2 aromatic rings. The average Bonchev–Trinajstić information content (AvgIpc) is 3.22. The molecule has 1 aliphatic rings. The summed E-state index contributed by atoms with van der Waals surface area (Å²) in [6.45, 7) is 12.1. The highest BCUT2D eigenvalue weighted by molar-refractivity contribution is 7.75. The van der Waals surface area contributed by atoms with Crippen LogP contribution in [0.3, 0.4) is 0 Å². The Labute approximate surface area is 166 Å². The number of fused-ring (bicyclic) bond motifs is 1. The van der Waals surface area contributed by atoms with Crippen molar-refractivity contribution in [1.82, 2.24) is 19.6 Å². The number of carbonyl (C=O) groups excluding carboxylic acids is 1. The van der Waals surface area contributed by atoms with E-state index in [-0.39, 0.29) is 11.8 Å². The van der Waals surface area contributed by atoms with Crippen molar-refractivity contribution < 1.29 is 13.7 Å². The van der Waals surface area contributed by atoms with Crippen LogP contribution in [-0.2, 0) is 23.7 Å². The first-order valence-corrected chi connectivity index (χ1v) is 10.8. The van der Waals surface area contributed by atoms with Crippen molar-refractivity contribution in [2.45, 2.75) is 70.9 Å². The third-order valence-corrected chi connectivity index (χ3v) is 5.64. The quantitative estimate of drug-likeness (QED) is 0.738. The third-order valence-electron chi connectivity index (χ3n) is 4.56. The van der Waals surface area contributed by atoms with Crippen LogP contribution < -0.4 is 10.1 Å². The van der Waals surface area contributed by atoms with E-state index < -0.39 is 16.6 Å². The van der Waals surface area contributed by atoms with Crippen LogP contribution >= 0.6 is 0 Å². The minimum absolute atomic E-state index is 0.130. The number of hydrogen-bond donors (Lipinski definition) is 2. The molecule has 10 heteroatoms. The van der Waals surface area contributed by atoms with E-state index >= 15 is 0 Å². The number of rotatable bonds is 5. The smallest absolute Gasteiger partial charge is 0.353 e. The third kappa shape index (κ3) is 3.91. The monoisotopic (exact) mass is 408 g/mol. The van der Waals surface area contributed by atoms with Gasteiger partial charge in [-0.05, 0) is 18.8 Å². The van der Waals surface area contributed by atoms with Crippen molar-refractivity contribution in [1.29, 1.82) is 0 Å². The van der Waals surface area contributed by atoms with Crippen molar-refractivity contribution in [3.8, 4) is 5.88 Å². The number of aromatic nitrogens is 4. The van der Waals surface area contributed by atoms with Gasteiger partial charge in [0.15, 0.2) is 0 Å². The minimum Gasteiger partial charge on any atom is -0.477 e. The van der Waals surface area contributed by atoms with Gasteiger partial charge in [0.05, 0.1) is 40.5 Å². The van der Waals surface area contributed by atoms with Crippen molar-refractivity contribution in [3.05, 3.63) is 17.6 Å². The summed E-state index contributed by atoms with van der Waals surface area (Å²) in [5.74, 6) is 0.735. The molecule has 0 spiro atoms. The van der Waals surface area contributed by atoms with Crippen molar-refractivity contribution in [3.63, 3.8) is 0 Å². The second kappa shape index (κ2) is 8.34. The molecule has 1 unspecified atom stereocenters. The van der Waals surface area contributed by atoms with E-state index in [0.717, 1.165) is 17.8 Å². The van der Waals surface area contributed by atoms with Crippen LogP contribution in [0.15, 0.2) is 15.5 Å². The summed E-state index contributed by atoms with van der Waals surface area (Å²) in [6, 6.07) is -0.656. The van der Waals surface area contributed by atoms with E-state index in [1.807, 2.05) is 25.5 Å². The first-order chi connectivity index (χ1) is 13.3. The Morgan fingerprint density at radius 1 is 1.36 bits per heavy atom. The van der Waals surface area contributed by atoms with Crippen LogP contribution in [0, 0.1) is 0 Å². The maximum atomic E-state index is 12.6. The molecule has 0 saturated carbocycles. The fourth-order valence-corrected chi connectivity index (χ4v) is 4.13. The Hall–Kier alpha value is -2.36. The molecule has 0 bridgehead atoms. The van der Waals surface area contributed by atoms with E-state index in [2.05, 4.69) is 33.7 Å². The molecule has 1 aliphatic heterocycles. The Bertz CT molecular complexity index is 953. The fraction of sp³-hybridized carbons (Fsp3) is 0.611. The van der Waals surface area contributed by atoms with Crippen LogP contribution in [0.2, 0.25) is 0 Å². The summed E-state index contributed by atoms with van der Waals surface area (Å²) in [7, 11) is -2.31. The van der Waals surface area contributed by atoms with Gasteiger partial charge in [-0.25, -0.2) is 13.7 Å². The number of nitrogens with zero attached hydrogens (tertiary/aromatic N) is 5. The number of ether oxygens (including phenoxy) is 1. The highest BCUT2D eigenvalue weighted by atomic mass is 32.2. The number of urea groups is 1. The van der Waals surface area contributed by atoms with E-state index in [1.165, 1.54) is 6.20 Å². The summed E-state index contributed by atoms with van der Waals surface area (Å²) in [4.78, 5) is 12.9. The molecular weight excluding hydrogens is 380 g/mol. The number of aryl methyl sites for hydroxylation is 2. The molecule has 0 aromatic carbocycles. The zero-order valence-electron chi connectivity index (χ0n) is 17.0. The largest absolute Gasteiger partial charge is 0.477 e. The average molecular weight is 409 g/mol. The molecule has 3 heterocycles. The number of nitrogens with one attached hydrogen (secondary N) is 1. The van der Waals surface area contributed by atoms with Gasteiger partial charge < -0.3 is 10.1 Å². The molecule has 28 heavy (non-hydrogen) atoms. The maximum absolute atomic E-state index is 12.6. The lowest BCUT2D eigenvalue weighted by Gasteiger charge is -2.15. The van der Waals surface area contributed by atoms with Crippen LogP contribution in [0.4, 0.5) is 10.5 Å². The fourth-order valence-electron chi connectivity index (χ4n) is 3.31. The molecule has 0 fully saturated rings. The van der Waals surface area contributed by atoms with Gasteiger partial charge in [0, 0.05) is 19.5 Å². The minimum atomic E-state index is -2.31. The molecule has 2 aromatic heterocycles. The highest BCUT2D eigenvalue weighted by Gasteiger charge is 2.23. The normalized spacial score (nSPS) is 15.0. The molecule has 2 amide bonds. The lowest BCUT2D eigenvalue weighted by molar-refractivity contribution is 0.225. The van der Waals surface area contributed by atoms with Gasteiger partial charge in [-0.15, -0.1) is 4.36 Å². The van der Waals surface area contributed by atoms with Crippen LogP contribution in [-0.4, -0.2) is 36.4 Å². The number of thiol groups is 1. The van der Waals surface area contributed by atoms with Gasteiger partial charge in [0.2, 0.25) is 5.88 Å². The molecular formula is C18H28N6O3S. The lowest BCUT2D eigenvalue weighted by Crippen LogP contribution is -2.15. The van der Waals surface area contributed by atoms with Gasteiger partial charge in [-0.2, -0.15) is 10.2 Å². The lowest BCUT2D eigenvalue weighted by atomic mass is 10.0. The van der Waals surface area contributed by atoms with Crippen LogP contribution in [0.5, 0.6) is 5.88 Å². The van der Waals surface area contributed by atoms with Gasteiger partial charge >= 0.3 is 6.03 Å². The van der Waals surface area contributed by atoms with Crippen molar-refractivity contribution in [2.75, 3.05) is 11.9 Å². The molecule has 9 nitrogen and oxygen atoms in total. The SMILES string of the molecule is CCn1nc(C(C)C)c(NC(=O)/N=[SH](=O)/c2cnn3c2OCCC3)c1C(C)C. The van der Waals surface area contributed by atoms with Gasteiger partial charge in [-0.1, -0.05) is 27.7 Å². The molecule has 1 N–H and O–H groups in total. The number of hydrogen-bond acceptors (Lipinski definition) is 5. The van der Waals surface area contributed by atoms with Crippen LogP contribution in [0.25, 0.3) is 0 Å². The zero-order valence-corrected chi connectivity index (χ0v) is 17.9. The van der Waals surface area contributed by atoms with Gasteiger partial charge in [0.1, 0.15) is 4.90 Å². The highest BCUT2D eigenvalue weighted by Crippen LogP contribution is 2.32. The summed E-state index contributed by atoms with van der Waals surface area (Å²) in [5.41, 5.74) is 2.41. The van der Waals surface area contributed by atoms with E-state index in [0.29, 0.717) is 36.2 Å². The summed E-state index contributed by atoms with van der Waals surface area (Å²) < 4.78 is 25.6. The van der Waals surface area contributed by atoms with Gasteiger partial charge in [-0.3, -0.25) is 4.68 Å². The Morgan fingerprint density at radius 3 is 2.75 bits per heavy atom. The van der Waals surface area contributed by atoms with Crippen molar-refractivity contribution >= 4 is 22.3 Å². The Balaban J connectivity index is 1.91. The van der Waals surface area contributed by atoms with E-state index in [1.54, 1.807) is 4.68 Å². The topological polar surface area (TPSA) is 103 Å². The Morgan fingerprint density at radius 2 is 2.11 bits per heavy atom. The maximum Gasteiger partial charge on any atom is 0.353 e. The van der Waals surface area contributed by atoms with E-state index in [9.17, 15) is 9.00 Å². The summed E-state index contributed by atoms with van der Waals surface area (Å²) in [6.07, 6.45) is 2.31. The molecule has 0 radical (unpaired) electrons. The first kappa shape index (κ1) is 20.4. The molecule has 3 rings (SSSR count). The molecule has 0 aliphatic carbocycles. The predicted octanol–water partition coefficient (Wildman–Crippen LogP) is 3.38. The van der Waals surface area contributed by atoms with Crippen molar-refractivity contribution in [2.24, 2.45) is 4.36 Å². The molecule has 0 saturated heterocycles. The predicted molar refractivity (Wildman–Crippen MR) is 108 cm³/mol. The number of anilines is 1. The van der Waals surface area contributed by atoms with Gasteiger partial charge in [0.25, 0.3) is 0 Å². The first-order valence-electron chi connectivity index (χ1n) is 9.62. The number of carbonyl (C=O) groups is 1.